The Bertz CT molecular complexity index is 615. The van der Waals surface area contributed by atoms with E-state index in [9.17, 15) is 9.90 Å². The Morgan fingerprint density at radius 3 is 2.71 bits per heavy atom. The highest BCUT2D eigenvalue weighted by molar-refractivity contribution is 5.71. The number of unbranched alkanes of at least 4 members (excludes halogenated alkanes) is 1. The number of ether oxygens (including phenoxy) is 3. The van der Waals surface area contributed by atoms with Crippen LogP contribution in [0, 0.1) is 0 Å². The first-order chi connectivity index (χ1) is 13.7. The fourth-order valence-corrected chi connectivity index (χ4v) is 3.81. The number of rotatable bonds is 11. The van der Waals surface area contributed by atoms with Crippen molar-refractivity contribution in [2.75, 3.05) is 6.61 Å². The van der Waals surface area contributed by atoms with Gasteiger partial charge < -0.3 is 19.3 Å². The van der Waals surface area contributed by atoms with Gasteiger partial charge in [-0.3, -0.25) is 4.79 Å². The number of hydrogen-bond donors (Lipinski definition) is 1. The number of benzene rings is 1. The molecular formula is C23H32O5. The van der Waals surface area contributed by atoms with Gasteiger partial charge in [0.2, 0.25) is 0 Å². The monoisotopic (exact) mass is 388 g/mol. The van der Waals surface area contributed by atoms with Gasteiger partial charge in [-0.2, -0.15) is 0 Å². The highest BCUT2D eigenvalue weighted by Crippen LogP contribution is 2.31. The molecule has 1 aromatic carbocycles. The predicted molar refractivity (Wildman–Crippen MR) is 107 cm³/mol. The number of allylic oxidation sites excluding steroid dienone is 2. The lowest BCUT2D eigenvalue weighted by Gasteiger charge is -2.21. The lowest BCUT2D eigenvalue weighted by Crippen LogP contribution is -2.30. The Kier molecular flexibility index (Phi) is 8.52. The SMILES string of the molecule is O=C1CC[C@@H]([C@@H]2CC[C@H]([C@@H](O)CC/C=C/CCCOCc3ccccc3)O2)O1. The zero-order chi connectivity index (χ0) is 19.6. The summed E-state index contributed by atoms with van der Waals surface area (Å²) in [5, 5.41) is 10.4. The van der Waals surface area contributed by atoms with Crippen LogP contribution in [0.2, 0.25) is 0 Å². The van der Waals surface area contributed by atoms with Crippen molar-refractivity contribution in [2.24, 2.45) is 0 Å². The summed E-state index contributed by atoms with van der Waals surface area (Å²) >= 11 is 0. The van der Waals surface area contributed by atoms with Crippen LogP contribution in [-0.2, 0) is 25.6 Å². The molecule has 4 atom stereocenters. The van der Waals surface area contributed by atoms with Crippen LogP contribution in [0.4, 0.5) is 0 Å². The van der Waals surface area contributed by atoms with Crippen molar-refractivity contribution in [3.8, 4) is 0 Å². The van der Waals surface area contributed by atoms with Gasteiger partial charge in [0.25, 0.3) is 0 Å². The van der Waals surface area contributed by atoms with E-state index < -0.39 is 6.10 Å². The van der Waals surface area contributed by atoms with E-state index in [0.29, 0.717) is 19.4 Å². The molecule has 0 bridgehead atoms. The van der Waals surface area contributed by atoms with Gasteiger partial charge in [0, 0.05) is 13.0 Å². The maximum atomic E-state index is 11.2. The van der Waals surface area contributed by atoms with E-state index in [0.717, 1.165) is 45.1 Å². The van der Waals surface area contributed by atoms with Gasteiger partial charge in [-0.05, 0) is 50.5 Å². The van der Waals surface area contributed by atoms with E-state index in [-0.39, 0.29) is 24.3 Å². The van der Waals surface area contributed by atoms with Crippen molar-refractivity contribution in [3.63, 3.8) is 0 Å². The maximum absolute atomic E-state index is 11.2. The Balaban J connectivity index is 1.20. The number of hydrogen-bond acceptors (Lipinski definition) is 5. The molecule has 1 N–H and O–H groups in total. The van der Waals surface area contributed by atoms with Crippen LogP contribution >= 0.6 is 0 Å². The average Bonchev–Trinajstić information content (AvgIpc) is 3.36. The van der Waals surface area contributed by atoms with Crippen LogP contribution in [0.5, 0.6) is 0 Å². The summed E-state index contributed by atoms with van der Waals surface area (Å²) in [5.74, 6) is -0.131. The summed E-state index contributed by atoms with van der Waals surface area (Å²) in [6.45, 7) is 1.42. The van der Waals surface area contributed by atoms with E-state index >= 15 is 0 Å². The molecule has 154 valence electrons. The first-order valence-corrected chi connectivity index (χ1v) is 10.5. The second-order valence-electron chi connectivity index (χ2n) is 7.65. The molecule has 0 amide bonds. The number of aliphatic hydroxyl groups is 1. The second kappa shape index (κ2) is 11.3. The molecule has 28 heavy (non-hydrogen) atoms. The number of cyclic esters (lactones) is 1. The van der Waals surface area contributed by atoms with Gasteiger partial charge in [0.15, 0.2) is 0 Å². The molecule has 0 aromatic heterocycles. The van der Waals surface area contributed by atoms with Crippen molar-refractivity contribution < 1.29 is 24.1 Å². The summed E-state index contributed by atoms with van der Waals surface area (Å²) in [6.07, 6.45) is 9.99. The number of esters is 1. The molecule has 2 aliphatic rings. The lowest BCUT2D eigenvalue weighted by molar-refractivity contribution is -0.148. The maximum Gasteiger partial charge on any atom is 0.306 e. The van der Waals surface area contributed by atoms with Crippen molar-refractivity contribution in [1.82, 2.24) is 0 Å². The molecule has 3 rings (SSSR count). The molecule has 2 saturated heterocycles. The standard InChI is InChI=1S/C23H32O5/c24-19(20-12-13-21(27-20)22-14-15-23(25)28-22)11-7-2-1-3-8-16-26-17-18-9-5-4-6-10-18/h1-2,4-6,9-10,19-22,24H,3,7-8,11-17H2/b2-1+/t19-,20+,21-,22-/m0/s1. The van der Waals surface area contributed by atoms with Crippen molar-refractivity contribution in [2.45, 2.75) is 82.4 Å². The average molecular weight is 389 g/mol. The minimum absolute atomic E-state index is 0.0440. The summed E-state index contributed by atoms with van der Waals surface area (Å²) in [6, 6.07) is 10.2. The third kappa shape index (κ3) is 6.73. The third-order valence-electron chi connectivity index (χ3n) is 5.41. The quantitative estimate of drug-likeness (QED) is 0.353. The largest absolute Gasteiger partial charge is 0.460 e. The number of aliphatic hydroxyl groups excluding tert-OH is 1. The van der Waals surface area contributed by atoms with Gasteiger partial charge in [-0.25, -0.2) is 0 Å². The van der Waals surface area contributed by atoms with Crippen LogP contribution in [0.25, 0.3) is 0 Å². The molecule has 2 fully saturated rings. The van der Waals surface area contributed by atoms with Crippen LogP contribution < -0.4 is 0 Å². The lowest BCUT2D eigenvalue weighted by atomic mass is 10.0. The smallest absolute Gasteiger partial charge is 0.306 e. The van der Waals surface area contributed by atoms with Crippen LogP contribution in [0.1, 0.15) is 56.9 Å². The second-order valence-corrected chi connectivity index (χ2v) is 7.65. The normalized spacial score (nSPS) is 26.0. The summed E-state index contributed by atoms with van der Waals surface area (Å²) in [7, 11) is 0. The third-order valence-corrected chi connectivity index (χ3v) is 5.41. The van der Waals surface area contributed by atoms with Crippen LogP contribution in [0.15, 0.2) is 42.5 Å². The summed E-state index contributed by atoms with van der Waals surface area (Å²) in [4.78, 5) is 11.2. The molecule has 5 heteroatoms. The predicted octanol–water partition coefficient (Wildman–Crippen LogP) is 3.93. The molecule has 2 aliphatic heterocycles. The zero-order valence-electron chi connectivity index (χ0n) is 16.5. The molecular weight excluding hydrogens is 356 g/mol. The highest BCUT2D eigenvalue weighted by Gasteiger charge is 2.39. The molecule has 1 aromatic rings. The Labute approximate surface area is 167 Å². The highest BCUT2D eigenvalue weighted by atomic mass is 16.6. The molecule has 0 spiro atoms. The van der Waals surface area contributed by atoms with Gasteiger partial charge in [-0.1, -0.05) is 42.5 Å². The summed E-state index contributed by atoms with van der Waals surface area (Å²) in [5.41, 5.74) is 1.20. The fraction of sp³-hybridized carbons (Fsp3) is 0.609. The molecule has 0 unspecified atom stereocenters. The molecule has 2 heterocycles. The minimum Gasteiger partial charge on any atom is -0.460 e. The van der Waals surface area contributed by atoms with Gasteiger partial charge >= 0.3 is 5.97 Å². The van der Waals surface area contributed by atoms with Crippen molar-refractivity contribution in [3.05, 3.63) is 48.0 Å². The van der Waals surface area contributed by atoms with Crippen molar-refractivity contribution in [1.29, 1.82) is 0 Å². The van der Waals surface area contributed by atoms with E-state index in [1.165, 1.54) is 5.56 Å². The topological polar surface area (TPSA) is 65.0 Å². The van der Waals surface area contributed by atoms with E-state index in [1.807, 2.05) is 18.2 Å². The Hall–Kier alpha value is -1.69. The van der Waals surface area contributed by atoms with Gasteiger partial charge in [0.1, 0.15) is 6.10 Å². The first kappa shape index (κ1) is 21.0. The molecule has 0 radical (unpaired) electrons. The number of carbonyl (C=O) groups is 1. The Morgan fingerprint density at radius 2 is 1.93 bits per heavy atom. The first-order valence-electron chi connectivity index (χ1n) is 10.5. The summed E-state index contributed by atoms with van der Waals surface area (Å²) < 4.78 is 16.9. The van der Waals surface area contributed by atoms with Gasteiger partial charge in [-0.15, -0.1) is 0 Å². The molecule has 0 aliphatic carbocycles. The van der Waals surface area contributed by atoms with E-state index in [4.69, 9.17) is 14.2 Å². The molecule has 0 saturated carbocycles. The molecule has 5 nitrogen and oxygen atoms in total. The van der Waals surface area contributed by atoms with Crippen LogP contribution in [-0.4, -0.2) is 42.1 Å². The van der Waals surface area contributed by atoms with E-state index in [1.54, 1.807) is 0 Å². The Morgan fingerprint density at radius 1 is 1.11 bits per heavy atom. The van der Waals surface area contributed by atoms with Gasteiger partial charge in [0.05, 0.1) is 24.9 Å². The fourth-order valence-electron chi connectivity index (χ4n) is 3.81. The van der Waals surface area contributed by atoms with E-state index in [2.05, 4.69) is 24.3 Å². The van der Waals surface area contributed by atoms with Crippen molar-refractivity contribution >= 4 is 5.97 Å². The minimum atomic E-state index is -0.457. The number of carbonyl (C=O) groups excluding carboxylic acids is 1. The van der Waals surface area contributed by atoms with Crippen LogP contribution in [0.3, 0.4) is 0 Å². The zero-order valence-corrected chi connectivity index (χ0v) is 16.5.